The summed E-state index contributed by atoms with van der Waals surface area (Å²) in [6, 6.07) is 0. The van der Waals surface area contributed by atoms with Crippen LogP contribution >= 0.6 is 0 Å². The third kappa shape index (κ3) is 1.74. The first-order valence-corrected chi connectivity index (χ1v) is 4.02. The van der Waals surface area contributed by atoms with Crippen molar-refractivity contribution in [3.8, 4) is 0 Å². The number of hydrogen-bond acceptors (Lipinski definition) is 2. The van der Waals surface area contributed by atoms with Crippen molar-refractivity contribution in [1.82, 2.24) is 9.78 Å². The van der Waals surface area contributed by atoms with Gasteiger partial charge in [-0.1, -0.05) is 6.08 Å². The molecule has 12 heavy (non-hydrogen) atoms. The van der Waals surface area contributed by atoms with Crippen molar-refractivity contribution in [2.24, 2.45) is 12.8 Å². The molecule has 0 atom stereocenters. The summed E-state index contributed by atoms with van der Waals surface area (Å²) in [6.07, 6.45) is 4.01. The Morgan fingerprint density at radius 1 is 1.75 bits per heavy atom. The summed E-state index contributed by atoms with van der Waals surface area (Å²) in [4.78, 5) is 0. The normalized spacial score (nSPS) is 12.2. The largest absolute Gasteiger partial charge is 0.327 e. The molecular formula is C9H15N3. The minimum absolute atomic E-state index is 0.583. The number of aryl methyl sites for hydroxylation is 2. The zero-order chi connectivity index (χ0) is 9.14. The van der Waals surface area contributed by atoms with E-state index in [2.05, 4.69) is 12.0 Å². The Balaban J connectivity index is 3.02. The van der Waals surface area contributed by atoms with Gasteiger partial charge in [-0.25, -0.2) is 0 Å². The molecule has 0 radical (unpaired) electrons. The van der Waals surface area contributed by atoms with Crippen molar-refractivity contribution in [2.45, 2.75) is 13.8 Å². The van der Waals surface area contributed by atoms with E-state index < -0.39 is 0 Å². The zero-order valence-electron chi connectivity index (χ0n) is 7.83. The second-order valence-electron chi connectivity index (χ2n) is 2.92. The van der Waals surface area contributed by atoms with Crippen LogP contribution in [0.3, 0.4) is 0 Å². The molecule has 0 aliphatic heterocycles. The maximum atomic E-state index is 5.42. The fourth-order valence-corrected chi connectivity index (χ4v) is 1.27. The van der Waals surface area contributed by atoms with Crippen molar-refractivity contribution in [3.63, 3.8) is 0 Å². The van der Waals surface area contributed by atoms with Gasteiger partial charge in [-0.05, 0) is 19.4 Å². The van der Waals surface area contributed by atoms with E-state index in [0.29, 0.717) is 6.54 Å². The van der Waals surface area contributed by atoms with Gasteiger partial charge in [0.2, 0.25) is 0 Å². The van der Waals surface area contributed by atoms with Crippen LogP contribution in [0.1, 0.15) is 18.2 Å². The van der Waals surface area contributed by atoms with Gasteiger partial charge in [-0.2, -0.15) is 5.10 Å². The lowest BCUT2D eigenvalue weighted by molar-refractivity contribution is 0.756. The fourth-order valence-electron chi connectivity index (χ4n) is 1.27. The summed E-state index contributed by atoms with van der Waals surface area (Å²) in [5.74, 6) is 0. The van der Waals surface area contributed by atoms with E-state index in [1.165, 1.54) is 11.1 Å². The van der Waals surface area contributed by atoms with Crippen molar-refractivity contribution in [3.05, 3.63) is 23.5 Å². The maximum Gasteiger partial charge on any atom is 0.0668 e. The molecule has 0 aliphatic rings. The number of rotatable bonds is 2. The first-order chi connectivity index (χ1) is 5.65. The Morgan fingerprint density at radius 2 is 2.42 bits per heavy atom. The SMILES string of the molecule is C/C(=C\CN)c1cn(C)nc1C. The molecule has 0 aliphatic carbocycles. The first-order valence-electron chi connectivity index (χ1n) is 4.02. The van der Waals surface area contributed by atoms with Crippen molar-refractivity contribution in [1.29, 1.82) is 0 Å². The molecule has 2 N–H and O–H groups in total. The smallest absolute Gasteiger partial charge is 0.0668 e. The summed E-state index contributed by atoms with van der Waals surface area (Å²) in [5.41, 5.74) is 8.86. The van der Waals surface area contributed by atoms with E-state index in [4.69, 9.17) is 5.73 Å². The summed E-state index contributed by atoms with van der Waals surface area (Å²) >= 11 is 0. The van der Waals surface area contributed by atoms with E-state index in [9.17, 15) is 0 Å². The summed E-state index contributed by atoms with van der Waals surface area (Å²) in [7, 11) is 1.92. The van der Waals surface area contributed by atoms with Crippen LogP contribution in [0.5, 0.6) is 0 Å². The van der Waals surface area contributed by atoms with Crippen LogP contribution in [0.25, 0.3) is 5.57 Å². The van der Waals surface area contributed by atoms with Gasteiger partial charge in [-0.15, -0.1) is 0 Å². The molecule has 3 nitrogen and oxygen atoms in total. The lowest BCUT2D eigenvalue weighted by atomic mass is 10.1. The third-order valence-electron chi connectivity index (χ3n) is 1.86. The Bertz CT molecular complexity index is 297. The van der Waals surface area contributed by atoms with E-state index in [1.54, 1.807) is 0 Å². The summed E-state index contributed by atoms with van der Waals surface area (Å²) in [5, 5.41) is 4.25. The molecule has 3 heteroatoms. The monoisotopic (exact) mass is 165 g/mol. The third-order valence-corrected chi connectivity index (χ3v) is 1.86. The van der Waals surface area contributed by atoms with Gasteiger partial charge in [0.15, 0.2) is 0 Å². The van der Waals surface area contributed by atoms with Crippen molar-refractivity contribution < 1.29 is 0 Å². The van der Waals surface area contributed by atoms with Gasteiger partial charge in [0, 0.05) is 25.4 Å². The second-order valence-corrected chi connectivity index (χ2v) is 2.92. The van der Waals surface area contributed by atoms with Gasteiger partial charge < -0.3 is 5.73 Å². The van der Waals surface area contributed by atoms with Crippen LogP contribution in [0.15, 0.2) is 12.3 Å². The number of aromatic nitrogens is 2. The molecule has 0 saturated carbocycles. The average molecular weight is 165 g/mol. The number of nitrogens with zero attached hydrogens (tertiary/aromatic N) is 2. The quantitative estimate of drug-likeness (QED) is 0.713. The highest BCUT2D eigenvalue weighted by molar-refractivity contribution is 5.64. The number of nitrogens with two attached hydrogens (primary N) is 1. The first kappa shape index (κ1) is 9.00. The maximum absolute atomic E-state index is 5.42. The van der Waals surface area contributed by atoms with Crippen LogP contribution in [-0.4, -0.2) is 16.3 Å². The molecule has 0 unspecified atom stereocenters. The van der Waals surface area contributed by atoms with Gasteiger partial charge in [0.25, 0.3) is 0 Å². The van der Waals surface area contributed by atoms with Gasteiger partial charge >= 0.3 is 0 Å². The summed E-state index contributed by atoms with van der Waals surface area (Å²) in [6.45, 7) is 4.64. The molecule has 0 amide bonds. The van der Waals surface area contributed by atoms with E-state index >= 15 is 0 Å². The van der Waals surface area contributed by atoms with E-state index in [-0.39, 0.29) is 0 Å². The van der Waals surface area contributed by atoms with E-state index in [0.717, 1.165) is 5.69 Å². The standard InChI is InChI=1S/C9H15N3/c1-7(4-5-10)9-6-12(3)11-8(9)2/h4,6H,5,10H2,1-3H3/b7-4+. The molecule has 0 spiro atoms. The van der Waals surface area contributed by atoms with Crippen LogP contribution in [0.4, 0.5) is 0 Å². The highest BCUT2D eigenvalue weighted by Gasteiger charge is 2.03. The highest BCUT2D eigenvalue weighted by atomic mass is 15.2. The molecule has 0 saturated heterocycles. The zero-order valence-corrected chi connectivity index (χ0v) is 7.83. The molecule has 0 fully saturated rings. The van der Waals surface area contributed by atoms with Crippen LogP contribution in [-0.2, 0) is 7.05 Å². The fraction of sp³-hybridized carbons (Fsp3) is 0.444. The predicted octanol–water partition coefficient (Wildman–Crippen LogP) is 1.09. The van der Waals surface area contributed by atoms with Crippen LogP contribution in [0, 0.1) is 6.92 Å². The molecule has 1 aromatic rings. The lowest BCUT2D eigenvalue weighted by Gasteiger charge is -1.96. The Morgan fingerprint density at radius 3 is 2.83 bits per heavy atom. The predicted molar refractivity (Wildman–Crippen MR) is 50.7 cm³/mol. The van der Waals surface area contributed by atoms with Crippen molar-refractivity contribution >= 4 is 5.57 Å². The molecule has 0 bridgehead atoms. The van der Waals surface area contributed by atoms with Crippen LogP contribution < -0.4 is 5.73 Å². The number of hydrogen-bond donors (Lipinski definition) is 1. The topological polar surface area (TPSA) is 43.8 Å². The molecular weight excluding hydrogens is 150 g/mol. The lowest BCUT2D eigenvalue weighted by Crippen LogP contribution is -1.94. The molecule has 1 rings (SSSR count). The highest BCUT2D eigenvalue weighted by Crippen LogP contribution is 2.15. The molecule has 66 valence electrons. The molecule has 1 aromatic heterocycles. The van der Waals surface area contributed by atoms with Gasteiger partial charge in [0.1, 0.15) is 0 Å². The molecule has 0 aromatic carbocycles. The van der Waals surface area contributed by atoms with Gasteiger partial charge in [0.05, 0.1) is 5.69 Å². The number of allylic oxidation sites excluding steroid dienone is 1. The second kappa shape index (κ2) is 3.54. The Labute approximate surface area is 72.9 Å². The van der Waals surface area contributed by atoms with E-state index in [1.807, 2.05) is 30.9 Å². The van der Waals surface area contributed by atoms with Crippen molar-refractivity contribution in [2.75, 3.05) is 6.54 Å². The average Bonchev–Trinajstić information content (AvgIpc) is 2.30. The minimum Gasteiger partial charge on any atom is -0.327 e. The van der Waals surface area contributed by atoms with Crippen LogP contribution in [0.2, 0.25) is 0 Å². The molecule has 1 heterocycles. The van der Waals surface area contributed by atoms with Gasteiger partial charge in [-0.3, -0.25) is 4.68 Å². The Kier molecular flexibility index (Phi) is 2.65. The minimum atomic E-state index is 0.583. The Hall–Kier alpha value is -1.09. The summed E-state index contributed by atoms with van der Waals surface area (Å²) < 4.78 is 1.82.